The summed E-state index contributed by atoms with van der Waals surface area (Å²) in [4.78, 5) is 37.8. The fraction of sp³-hybridized carbons (Fsp3) is 0.743. The highest BCUT2D eigenvalue weighted by Gasteiger charge is 2.30. The minimum atomic E-state index is -4.47. The lowest BCUT2D eigenvalue weighted by molar-refractivity contribution is -0.870. The Balaban J connectivity index is 5.26. The number of unbranched alkanes of at least 4 members (excludes halogenated alkanes) is 29. The van der Waals surface area contributed by atoms with Crippen LogP contribution in [0.25, 0.3) is 0 Å². The summed E-state index contributed by atoms with van der Waals surface area (Å²) >= 11 is 0. The Morgan fingerprint density at radius 1 is 0.450 bits per heavy atom. The van der Waals surface area contributed by atoms with E-state index < -0.39 is 20.0 Å². The average molecular weight is 1140 g/mol. The fourth-order valence-electron chi connectivity index (χ4n) is 9.17. The first-order valence-electron chi connectivity index (χ1n) is 33.1. The summed E-state index contributed by atoms with van der Waals surface area (Å²) in [5, 5.41) is 3.05. The molecule has 0 radical (unpaired) electrons. The molecule has 0 aliphatic carbocycles. The Kier molecular flexibility index (Phi) is 56.8. The number of nitrogens with one attached hydrogen (secondary N) is 1. The van der Waals surface area contributed by atoms with Crippen LogP contribution in [0.5, 0.6) is 0 Å². The van der Waals surface area contributed by atoms with Gasteiger partial charge in [0.15, 0.2) is 0 Å². The molecule has 9 nitrogen and oxygen atoms in total. The normalized spacial score (nSPS) is 14.2. The highest BCUT2D eigenvalue weighted by Crippen LogP contribution is 2.43. The molecule has 0 rings (SSSR count). The second-order valence-electron chi connectivity index (χ2n) is 23.3. The van der Waals surface area contributed by atoms with Crippen LogP contribution >= 0.6 is 7.82 Å². The summed E-state index contributed by atoms with van der Waals surface area (Å²) in [6.45, 7) is 6.88. The third-order valence-corrected chi connectivity index (χ3v) is 15.2. The lowest BCUT2D eigenvalue weighted by atomic mass is 10.0. The second kappa shape index (κ2) is 59.1. The van der Waals surface area contributed by atoms with Crippen molar-refractivity contribution < 1.29 is 37.3 Å². The quantitative estimate of drug-likeness (QED) is 0.0205. The number of phosphoric acid groups is 1. The number of allylic oxidation sites excluding steroid dienone is 15. The van der Waals surface area contributed by atoms with Crippen LogP contribution in [-0.4, -0.2) is 74.3 Å². The van der Waals surface area contributed by atoms with Crippen LogP contribution in [0.2, 0.25) is 0 Å². The van der Waals surface area contributed by atoms with Gasteiger partial charge in [-0.25, -0.2) is 4.57 Å². The van der Waals surface area contributed by atoms with E-state index in [-0.39, 0.29) is 31.5 Å². The number of phosphoric ester groups is 1. The number of nitrogens with zero attached hydrogens (tertiary/aromatic N) is 1. The van der Waals surface area contributed by atoms with E-state index in [9.17, 15) is 19.0 Å². The van der Waals surface area contributed by atoms with Gasteiger partial charge in [-0.1, -0.05) is 260 Å². The Bertz CT molecular complexity index is 1690. The average Bonchev–Trinajstić information content (AvgIpc) is 3.42. The van der Waals surface area contributed by atoms with Crippen molar-refractivity contribution in [1.29, 1.82) is 0 Å². The maximum absolute atomic E-state index is 13.6. The summed E-state index contributed by atoms with van der Waals surface area (Å²) < 4.78 is 30.7. The Morgan fingerprint density at radius 2 is 0.800 bits per heavy atom. The molecular formula is C70H126N2O7P+. The largest absolute Gasteiger partial charge is 0.472 e. The smallest absolute Gasteiger partial charge is 0.456 e. The predicted octanol–water partition coefficient (Wildman–Crippen LogP) is 20.7. The molecule has 80 heavy (non-hydrogen) atoms. The molecule has 3 atom stereocenters. The van der Waals surface area contributed by atoms with E-state index in [2.05, 4.69) is 111 Å². The van der Waals surface area contributed by atoms with Crippen LogP contribution < -0.4 is 5.32 Å². The minimum Gasteiger partial charge on any atom is -0.456 e. The Morgan fingerprint density at radius 3 is 1.23 bits per heavy atom. The number of carbonyl (C=O) groups excluding carboxylic acids is 2. The summed E-state index contributed by atoms with van der Waals surface area (Å²) in [6.07, 6.45) is 79.8. The molecule has 0 bridgehead atoms. The van der Waals surface area contributed by atoms with Crippen LogP contribution in [0.4, 0.5) is 0 Å². The molecule has 0 saturated heterocycles. The van der Waals surface area contributed by atoms with Gasteiger partial charge in [-0.15, -0.1) is 0 Å². The highest BCUT2D eigenvalue weighted by molar-refractivity contribution is 7.47. The lowest BCUT2D eigenvalue weighted by Crippen LogP contribution is -2.47. The summed E-state index contributed by atoms with van der Waals surface area (Å²) in [7, 11) is 1.46. The zero-order valence-electron chi connectivity index (χ0n) is 52.8. The van der Waals surface area contributed by atoms with Crippen molar-refractivity contribution in [2.75, 3.05) is 40.9 Å². The molecule has 0 aliphatic heterocycles. The molecule has 0 heterocycles. The van der Waals surface area contributed by atoms with E-state index in [4.69, 9.17) is 13.8 Å². The van der Waals surface area contributed by atoms with Crippen LogP contribution in [0.15, 0.2) is 97.2 Å². The standard InChI is InChI=1S/C70H125N2O7P/c1-7-10-13-16-19-22-25-28-30-32-34-36-38-40-42-44-47-50-53-56-59-62-69(73)71-67(66-78-80(75,76)77-65-64-72(4,5)6)68(61-58-55-52-49-46-27-24-21-18-15-12-9-3)79-70(74)63-60-57-54-51-48-45-43-41-39-37-35-33-31-29-26-23-20-17-14-11-8-2/h11,14,20,23,28-31,35,37,41,43,48,51,58,61,67-68H,7-10,12-13,15-19,21-22,24-27,32-34,36,38-40,42,44-47,49-50,52-57,59-60,62-66H2,1-6H3,(H-,71,73,75,76)/p+1/b14-11-,23-20-,30-28+,31-29-,37-35-,43-41-,51-48-,61-58+. The van der Waals surface area contributed by atoms with Gasteiger partial charge < -0.3 is 19.4 Å². The minimum absolute atomic E-state index is 0.0293. The van der Waals surface area contributed by atoms with Gasteiger partial charge in [0.1, 0.15) is 19.3 Å². The molecule has 3 unspecified atom stereocenters. The predicted molar refractivity (Wildman–Crippen MR) is 346 cm³/mol. The third kappa shape index (κ3) is 59.5. The van der Waals surface area contributed by atoms with E-state index in [1.54, 1.807) is 0 Å². The first-order valence-corrected chi connectivity index (χ1v) is 34.6. The molecular weight excluding hydrogens is 1010 g/mol. The van der Waals surface area contributed by atoms with Crippen LogP contribution in [0.3, 0.4) is 0 Å². The Hall–Kier alpha value is -3.07. The van der Waals surface area contributed by atoms with Gasteiger partial charge >= 0.3 is 13.8 Å². The van der Waals surface area contributed by atoms with Crippen molar-refractivity contribution in [3.8, 4) is 0 Å². The molecule has 462 valence electrons. The topological polar surface area (TPSA) is 111 Å². The maximum atomic E-state index is 13.6. The van der Waals surface area contributed by atoms with Gasteiger partial charge in [0.2, 0.25) is 5.91 Å². The number of carbonyl (C=O) groups is 2. The first-order chi connectivity index (χ1) is 38.9. The molecule has 10 heteroatoms. The summed E-state index contributed by atoms with van der Waals surface area (Å²) in [5.41, 5.74) is 0. The number of esters is 1. The third-order valence-electron chi connectivity index (χ3n) is 14.3. The molecule has 0 aliphatic rings. The number of quaternary nitrogens is 1. The van der Waals surface area contributed by atoms with E-state index in [1.807, 2.05) is 33.3 Å². The van der Waals surface area contributed by atoms with Crippen molar-refractivity contribution in [2.24, 2.45) is 0 Å². The molecule has 2 N–H and O–H groups in total. The lowest BCUT2D eigenvalue weighted by Gasteiger charge is -2.27. The van der Waals surface area contributed by atoms with E-state index in [0.717, 1.165) is 89.9 Å². The van der Waals surface area contributed by atoms with Crippen molar-refractivity contribution in [2.45, 2.75) is 296 Å². The number of amides is 1. The molecule has 0 aromatic carbocycles. The highest BCUT2D eigenvalue weighted by atomic mass is 31.2. The van der Waals surface area contributed by atoms with Crippen molar-refractivity contribution >= 4 is 19.7 Å². The zero-order chi connectivity index (χ0) is 58.6. The van der Waals surface area contributed by atoms with Crippen molar-refractivity contribution in [1.82, 2.24) is 5.32 Å². The molecule has 1 amide bonds. The van der Waals surface area contributed by atoms with Crippen LogP contribution in [-0.2, 0) is 27.9 Å². The summed E-state index contributed by atoms with van der Waals surface area (Å²) in [5.74, 6) is -0.556. The molecule has 0 fully saturated rings. The van der Waals surface area contributed by atoms with Gasteiger partial charge in [0.05, 0.1) is 33.8 Å². The van der Waals surface area contributed by atoms with Crippen molar-refractivity contribution in [3.05, 3.63) is 97.2 Å². The fourth-order valence-corrected chi connectivity index (χ4v) is 9.91. The number of hydrogen-bond donors (Lipinski definition) is 2. The summed E-state index contributed by atoms with van der Waals surface area (Å²) in [6, 6.07) is -0.872. The van der Waals surface area contributed by atoms with Gasteiger partial charge in [-0.2, -0.15) is 0 Å². The number of hydrogen-bond acceptors (Lipinski definition) is 6. The van der Waals surface area contributed by atoms with E-state index >= 15 is 0 Å². The monoisotopic (exact) mass is 1140 g/mol. The Labute approximate surface area is 494 Å². The number of ether oxygens (including phenoxy) is 1. The molecule has 0 spiro atoms. The molecule has 0 aromatic heterocycles. The number of rotatable bonds is 59. The zero-order valence-corrected chi connectivity index (χ0v) is 53.7. The van der Waals surface area contributed by atoms with Crippen LogP contribution in [0.1, 0.15) is 284 Å². The SMILES string of the molecule is CC/C=C\C/C=C\C/C=C\C/C=C\C/C=C\C/C=C\CCCCC(=O)OC(/C=C/CCCCCCCCCCCC)C(COP(=O)(O)OCC[N+](C)(C)C)NC(=O)CCCCCCCCCCCCC/C=C/CCCCCCCC. The molecule has 0 aromatic rings. The number of likely N-dealkylation sites (N-methyl/N-ethyl adjacent to an activating group) is 1. The van der Waals surface area contributed by atoms with E-state index in [0.29, 0.717) is 23.9 Å². The van der Waals surface area contributed by atoms with Crippen LogP contribution in [0, 0.1) is 0 Å². The second-order valence-corrected chi connectivity index (χ2v) is 24.7. The maximum Gasteiger partial charge on any atom is 0.472 e. The van der Waals surface area contributed by atoms with Crippen molar-refractivity contribution in [3.63, 3.8) is 0 Å². The molecule has 0 saturated carbocycles. The van der Waals surface area contributed by atoms with Gasteiger partial charge in [0.25, 0.3) is 0 Å². The first kappa shape index (κ1) is 76.9. The van der Waals surface area contributed by atoms with Gasteiger partial charge in [-0.05, 0) is 109 Å². The van der Waals surface area contributed by atoms with Gasteiger partial charge in [0, 0.05) is 12.8 Å². The van der Waals surface area contributed by atoms with E-state index in [1.165, 1.54) is 154 Å². The van der Waals surface area contributed by atoms with Gasteiger partial charge in [-0.3, -0.25) is 18.6 Å².